The Morgan fingerprint density at radius 1 is 1.00 bits per heavy atom. The van der Waals surface area contributed by atoms with Gasteiger partial charge in [-0.05, 0) is 0 Å². The molecule has 0 radical (unpaired) electrons. The summed E-state index contributed by atoms with van der Waals surface area (Å²) in [6.45, 7) is 12.0. The summed E-state index contributed by atoms with van der Waals surface area (Å²) in [6, 6.07) is 13.3. The van der Waals surface area contributed by atoms with Gasteiger partial charge >= 0.3 is 155 Å². The van der Waals surface area contributed by atoms with Crippen molar-refractivity contribution in [1.82, 2.24) is 0 Å². The van der Waals surface area contributed by atoms with Crippen LogP contribution < -0.4 is 3.87 Å². The molecule has 1 aliphatic carbocycles. The van der Waals surface area contributed by atoms with Crippen molar-refractivity contribution in [2.24, 2.45) is 5.41 Å². The van der Waals surface area contributed by atoms with Crippen molar-refractivity contribution >= 4 is 45.0 Å². The number of halogens is 2. The molecular formula is C22H28Cl2OTi. The minimum absolute atomic E-state index is 0. The zero-order chi connectivity index (χ0) is 17.3. The van der Waals surface area contributed by atoms with E-state index in [-0.39, 0.29) is 30.2 Å². The fourth-order valence-electron chi connectivity index (χ4n) is 3.19. The SMILES string of the molecule is CC1=CC(C)=C(c2ccc3ccccc3[c]2[Ti][O]CC(C)(C)C)C1.Cl.Cl. The molecule has 0 saturated heterocycles. The van der Waals surface area contributed by atoms with Crippen LogP contribution in [0.1, 0.15) is 46.6 Å². The van der Waals surface area contributed by atoms with Crippen molar-refractivity contribution in [2.75, 3.05) is 6.61 Å². The fraction of sp³-hybridized carbons (Fsp3) is 0.364. The zero-order valence-electron chi connectivity index (χ0n) is 16.2. The number of fused-ring (bicyclic) bond motifs is 1. The summed E-state index contributed by atoms with van der Waals surface area (Å²) in [4.78, 5) is 0. The molecule has 0 heterocycles. The van der Waals surface area contributed by atoms with E-state index in [1.165, 1.54) is 36.9 Å². The number of benzene rings is 2. The van der Waals surface area contributed by atoms with E-state index in [9.17, 15) is 0 Å². The van der Waals surface area contributed by atoms with Crippen molar-refractivity contribution in [3.63, 3.8) is 0 Å². The van der Waals surface area contributed by atoms with E-state index in [0.29, 0.717) is 0 Å². The third-order valence-electron chi connectivity index (χ3n) is 4.33. The van der Waals surface area contributed by atoms with Crippen LogP contribution in [0.5, 0.6) is 0 Å². The molecule has 0 saturated carbocycles. The van der Waals surface area contributed by atoms with Gasteiger partial charge in [0, 0.05) is 0 Å². The molecule has 0 fully saturated rings. The molecule has 2 aromatic carbocycles. The standard InChI is InChI=1S/C17H15.C5H11O.2ClH.Ti/c1-12-9-13(2)17(10-12)16-8-7-14-5-3-4-6-15(14)11-16;1-5(2,3)4-6;;;/h3-9H,10H2,1-2H3;4H2,1-3H3;2*1H;/q;-1;;;+1. The molecule has 0 bridgehead atoms. The van der Waals surface area contributed by atoms with Crippen LogP contribution in [-0.4, -0.2) is 6.61 Å². The van der Waals surface area contributed by atoms with Gasteiger partial charge in [0.15, 0.2) is 0 Å². The summed E-state index contributed by atoms with van der Waals surface area (Å²) in [5.74, 6) is 0. The quantitative estimate of drug-likeness (QED) is 0.507. The molecule has 1 nitrogen and oxygen atoms in total. The molecule has 1 aliphatic rings. The first-order valence-electron chi connectivity index (χ1n) is 8.62. The summed E-state index contributed by atoms with van der Waals surface area (Å²) >= 11 is -0.628. The van der Waals surface area contributed by atoms with E-state index in [1.54, 1.807) is 0 Å². The second-order valence-corrected chi connectivity index (χ2v) is 9.54. The maximum absolute atomic E-state index is 6.24. The zero-order valence-corrected chi connectivity index (χ0v) is 19.4. The normalized spacial score (nSPS) is 14.0. The Labute approximate surface area is 179 Å². The average molecular weight is 427 g/mol. The first-order valence-corrected chi connectivity index (χ1v) is 10.0. The molecule has 0 N–H and O–H groups in total. The average Bonchev–Trinajstić information content (AvgIpc) is 2.84. The van der Waals surface area contributed by atoms with Crippen LogP contribution in [-0.2, 0) is 22.9 Å². The Bertz CT molecular complexity index is 832. The molecule has 0 aromatic heterocycles. The minimum Gasteiger partial charge on any atom is -0.147 e. The van der Waals surface area contributed by atoms with Crippen LogP contribution in [0.2, 0.25) is 0 Å². The molecule has 0 spiro atoms. The first kappa shape index (κ1) is 23.5. The first-order chi connectivity index (χ1) is 11.3. The Balaban J connectivity index is 0.00000169. The van der Waals surface area contributed by atoms with E-state index in [0.717, 1.165) is 13.0 Å². The maximum atomic E-state index is 6.24. The topological polar surface area (TPSA) is 9.23 Å². The van der Waals surface area contributed by atoms with Crippen LogP contribution in [0.4, 0.5) is 0 Å². The number of rotatable bonds is 4. The van der Waals surface area contributed by atoms with Gasteiger partial charge in [-0.3, -0.25) is 0 Å². The molecule has 2 aromatic rings. The molecule has 0 aliphatic heterocycles. The van der Waals surface area contributed by atoms with E-state index < -0.39 is 19.5 Å². The molecule has 0 unspecified atom stereocenters. The maximum Gasteiger partial charge on any atom is -0.147 e. The van der Waals surface area contributed by atoms with Crippen molar-refractivity contribution in [2.45, 2.75) is 41.0 Å². The molecule has 4 heteroatoms. The Hall–Kier alpha value is -0.566. The second kappa shape index (κ2) is 9.58. The predicted octanol–water partition coefficient (Wildman–Crippen LogP) is 6.49. The number of hydrogen-bond donors (Lipinski definition) is 0. The summed E-state index contributed by atoms with van der Waals surface area (Å²) in [5.41, 5.74) is 5.97. The van der Waals surface area contributed by atoms with Gasteiger partial charge in [0.25, 0.3) is 0 Å². The van der Waals surface area contributed by atoms with Gasteiger partial charge in [0.2, 0.25) is 0 Å². The molecular weight excluding hydrogens is 399 g/mol. The minimum atomic E-state index is -0.628. The second-order valence-electron chi connectivity index (χ2n) is 7.99. The third kappa shape index (κ3) is 5.47. The molecule has 3 rings (SSSR count). The van der Waals surface area contributed by atoms with Gasteiger partial charge in [0.05, 0.1) is 0 Å². The van der Waals surface area contributed by atoms with Crippen molar-refractivity contribution in [1.29, 1.82) is 0 Å². The van der Waals surface area contributed by atoms with E-state index >= 15 is 0 Å². The number of allylic oxidation sites excluding steroid dienone is 4. The summed E-state index contributed by atoms with van der Waals surface area (Å²) in [5, 5.41) is 2.69. The number of hydrogen-bond acceptors (Lipinski definition) is 1. The van der Waals surface area contributed by atoms with Crippen LogP contribution >= 0.6 is 24.8 Å². The van der Waals surface area contributed by atoms with Crippen LogP contribution in [0.3, 0.4) is 0 Å². The van der Waals surface area contributed by atoms with E-state index in [1.807, 2.05) is 0 Å². The van der Waals surface area contributed by atoms with Gasteiger partial charge in [-0.15, -0.1) is 24.8 Å². The van der Waals surface area contributed by atoms with Gasteiger partial charge in [-0.2, -0.15) is 0 Å². The van der Waals surface area contributed by atoms with E-state index in [2.05, 4.69) is 77.1 Å². The van der Waals surface area contributed by atoms with Crippen LogP contribution in [0.25, 0.3) is 16.3 Å². The van der Waals surface area contributed by atoms with Gasteiger partial charge < -0.3 is 0 Å². The smallest absolute Gasteiger partial charge is 0.147 e. The van der Waals surface area contributed by atoms with Crippen molar-refractivity contribution in [3.05, 3.63) is 59.2 Å². The fourth-order valence-corrected chi connectivity index (χ4v) is 5.27. The Morgan fingerprint density at radius 2 is 1.69 bits per heavy atom. The monoisotopic (exact) mass is 426 g/mol. The Kier molecular flexibility index (Phi) is 8.65. The summed E-state index contributed by atoms with van der Waals surface area (Å²) < 4.78 is 7.69. The molecule has 140 valence electrons. The summed E-state index contributed by atoms with van der Waals surface area (Å²) in [7, 11) is 0. The largest absolute Gasteiger partial charge is 0.147 e. The van der Waals surface area contributed by atoms with Gasteiger partial charge in [-0.1, -0.05) is 0 Å². The van der Waals surface area contributed by atoms with Crippen molar-refractivity contribution in [3.8, 4) is 0 Å². The molecule has 26 heavy (non-hydrogen) atoms. The Morgan fingerprint density at radius 3 is 2.31 bits per heavy atom. The van der Waals surface area contributed by atoms with Crippen molar-refractivity contribution < 1.29 is 22.9 Å². The summed E-state index contributed by atoms with van der Waals surface area (Å²) in [6.07, 6.45) is 3.40. The third-order valence-corrected chi connectivity index (χ3v) is 5.94. The van der Waals surface area contributed by atoms with Gasteiger partial charge in [0.1, 0.15) is 0 Å². The molecule has 0 amide bonds. The predicted molar refractivity (Wildman–Crippen MR) is 114 cm³/mol. The van der Waals surface area contributed by atoms with Crippen LogP contribution in [0.15, 0.2) is 53.6 Å². The van der Waals surface area contributed by atoms with Crippen LogP contribution in [0, 0.1) is 5.41 Å². The molecule has 0 atom stereocenters. The van der Waals surface area contributed by atoms with Gasteiger partial charge in [-0.25, -0.2) is 0 Å². The van der Waals surface area contributed by atoms with E-state index in [4.69, 9.17) is 3.32 Å².